The molecule has 0 unspecified atom stereocenters. The van der Waals surface area contributed by atoms with E-state index in [9.17, 15) is 4.79 Å². The molecule has 0 saturated carbocycles. The number of ether oxygens (including phenoxy) is 1. The van der Waals surface area contributed by atoms with E-state index >= 15 is 0 Å². The smallest absolute Gasteiger partial charge is 0.260 e. The van der Waals surface area contributed by atoms with Gasteiger partial charge in [-0.25, -0.2) is 9.67 Å². The second-order valence-electron chi connectivity index (χ2n) is 5.80. The summed E-state index contributed by atoms with van der Waals surface area (Å²) in [5, 5.41) is 5.02. The number of amides is 1. The highest BCUT2D eigenvalue weighted by Crippen LogP contribution is 2.24. The van der Waals surface area contributed by atoms with Gasteiger partial charge in [0, 0.05) is 18.1 Å². The van der Waals surface area contributed by atoms with Crippen molar-refractivity contribution >= 4 is 17.5 Å². The van der Waals surface area contributed by atoms with Crippen molar-refractivity contribution < 1.29 is 9.53 Å². The zero-order valence-electron chi connectivity index (χ0n) is 13.4. The van der Waals surface area contributed by atoms with E-state index in [-0.39, 0.29) is 18.6 Å². The summed E-state index contributed by atoms with van der Waals surface area (Å²) < 4.78 is 7.49. The van der Waals surface area contributed by atoms with E-state index in [0.29, 0.717) is 23.9 Å². The number of halogens is 1. The van der Waals surface area contributed by atoms with E-state index in [1.165, 1.54) is 0 Å². The number of rotatable bonds is 4. The van der Waals surface area contributed by atoms with Crippen LogP contribution in [0.4, 0.5) is 0 Å². The maximum absolute atomic E-state index is 12.2. The molecule has 0 spiro atoms. The van der Waals surface area contributed by atoms with Gasteiger partial charge < -0.3 is 9.64 Å². The molecule has 2 aromatic rings. The Labute approximate surface area is 140 Å². The molecule has 0 N–H and O–H groups in total. The van der Waals surface area contributed by atoms with Gasteiger partial charge in [-0.1, -0.05) is 11.6 Å². The molecule has 0 bridgehead atoms. The Hall–Kier alpha value is -2.08. The molecule has 1 amide bonds. The summed E-state index contributed by atoms with van der Waals surface area (Å²) in [6, 6.07) is 5.56. The van der Waals surface area contributed by atoms with Gasteiger partial charge in [0.2, 0.25) is 0 Å². The normalized spacial score (nSPS) is 14.7. The summed E-state index contributed by atoms with van der Waals surface area (Å²) in [4.78, 5) is 18.2. The lowest BCUT2D eigenvalue weighted by Crippen LogP contribution is -2.52. The minimum Gasteiger partial charge on any atom is -0.483 e. The predicted octanol–water partition coefficient (Wildman–Crippen LogP) is 2.32. The van der Waals surface area contributed by atoms with Crippen molar-refractivity contribution in [1.29, 1.82) is 0 Å². The van der Waals surface area contributed by atoms with Crippen LogP contribution < -0.4 is 4.74 Å². The molecule has 1 fully saturated rings. The maximum atomic E-state index is 12.2. The van der Waals surface area contributed by atoms with Crippen molar-refractivity contribution in [2.45, 2.75) is 26.8 Å². The molecule has 1 aliphatic heterocycles. The third-order valence-electron chi connectivity index (χ3n) is 3.96. The standard InChI is InChI=1S/C16H19ClN4O2/c1-10-6-13(17)4-5-15(10)23-9-16(22)20-7-14(8-20)21-12(3)18-11(2)19-21/h4-6,14H,7-9H2,1-3H3. The molecule has 23 heavy (non-hydrogen) atoms. The van der Waals surface area contributed by atoms with Gasteiger partial charge in [-0.15, -0.1) is 0 Å². The average Bonchev–Trinajstić information content (AvgIpc) is 2.75. The van der Waals surface area contributed by atoms with Gasteiger partial charge in [0.05, 0.1) is 6.04 Å². The van der Waals surface area contributed by atoms with Gasteiger partial charge in [-0.3, -0.25) is 4.79 Å². The number of carbonyl (C=O) groups excluding carboxylic acids is 1. The monoisotopic (exact) mass is 334 g/mol. The third-order valence-corrected chi connectivity index (χ3v) is 4.19. The van der Waals surface area contributed by atoms with E-state index in [1.54, 1.807) is 17.0 Å². The fraction of sp³-hybridized carbons (Fsp3) is 0.438. The first-order valence-corrected chi connectivity index (χ1v) is 7.88. The van der Waals surface area contributed by atoms with Crippen molar-refractivity contribution in [2.75, 3.05) is 19.7 Å². The number of likely N-dealkylation sites (tertiary alicyclic amines) is 1. The van der Waals surface area contributed by atoms with Crippen molar-refractivity contribution in [3.8, 4) is 5.75 Å². The molecular weight excluding hydrogens is 316 g/mol. The second-order valence-corrected chi connectivity index (χ2v) is 6.24. The number of carbonyl (C=O) groups is 1. The number of aromatic nitrogens is 3. The average molecular weight is 335 g/mol. The minimum absolute atomic E-state index is 0.0231. The summed E-state index contributed by atoms with van der Waals surface area (Å²) in [5.74, 6) is 2.30. The molecule has 1 aromatic heterocycles. The number of hydrogen-bond acceptors (Lipinski definition) is 4. The molecule has 2 heterocycles. The number of nitrogens with zero attached hydrogens (tertiary/aromatic N) is 4. The Balaban J connectivity index is 1.52. The third kappa shape index (κ3) is 3.32. The number of aryl methyl sites for hydroxylation is 3. The Morgan fingerprint density at radius 2 is 2.09 bits per heavy atom. The Morgan fingerprint density at radius 1 is 1.35 bits per heavy atom. The van der Waals surface area contributed by atoms with Crippen LogP contribution >= 0.6 is 11.6 Å². The number of hydrogen-bond donors (Lipinski definition) is 0. The largest absolute Gasteiger partial charge is 0.483 e. The van der Waals surface area contributed by atoms with Gasteiger partial charge in [0.1, 0.15) is 17.4 Å². The first kappa shape index (κ1) is 15.8. The van der Waals surface area contributed by atoms with Gasteiger partial charge in [-0.2, -0.15) is 5.10 Å². The summed E-state index contributed by atoms with van der Waals surface area (Å²) >= 11 is 5.91. The van der Waals surface area contributed by atoms with E-state index in [1.807, 2.05) is 31.5 Å². The molecule has 1 aliphatic rings. The first-order chi connectivity index (χ1) is 10.9. The van der Waals surface area contributed by atoms with Crippen LogP contribution in [-0.4, -0.2) is 45.3 Å². The van der Waals surface area contributed by atoms with Crippen LogP contribution in [0.5, 0.6) is 5.75 Å². The van der Waals surface area contributed by atoms with Crippen molar-refractivity contribution in [3.63, 3.8) is 0 Å². The molecule has 3 rings (SSSR count). The maximum Gasteiger partial charge on any atom is 0.260 e. The zero-order chi connectivity index (χ0) is 16.6. The lowest BCUT2D eigenvalue weighted by Gasteiger charge is -2.39. The highest BCUT2D eigenvalue weighted by Gasteiger charge is 2.33. The van der Waals surface area contributed by atoms with Crippen LogP contribution in [0.25, 0.3) is 0 Å². The SMILES string of the molecule is Cc1nc(C)n(C2CN(C(=O)COc3ccc(Cl)cc3C)C2)n1. The highest BCUT2D eigenvalue weighted by atomic mass is 35.5. The van der Waals surface area contributed by atoms with E-state index in [4.69, 9.17) is 16.3 Å². The zero-order valence-corrected chi connectivity index (χ0v) is 14.2. The predicted molar refractivity (Wildman–Crippen MR) is 86.8 cm³/mol. The fourth-order valence-electron chi connectivity index (χ4n) is 2.70. The molecular formula is C16H19ClN4O2. The molecule has 6 nitrogen and oxygen atoms in total. The summed E-state index contributed by atoms with van der Waals surface area (Å²) in [6.45, 7) is 7.02. The Bertz CT molecular complexity index is 738. The quantitative estimate of drug-likeness (QED) is 0.861. The second kappa shape index (κ2) is 6.20. The molecule has 0 aliphatic carbocycles. The van der Waals surface area contributed by atoms with Crippen molar-refractivity contribution in [3.05, 3.63) is 40.4 Å². The van der Waals surface area contributed by atoms with E-state index < -0.39 is 0 Å². The van der Waals surface area contributed by atoms with Gasteiger partial charge in [0.25, 0.3) is 5.91 Å². The van der Waals surface area contributed by atoms with Crippen molar-refractivity contribution in [1.82, 2.24) is 19.7 Å². The Morgan fingerprint density at radius 3 is 2.70 bits per heavy atom. The highest BCUT2D eigenvalue weighted by molar-refractivity contribution is 6.30. The van der Waals surface area contributed by atoms with Crippen LogP contribution in [-0.2, 0) is 4.79 Å². The topological polar surface area (TPSA) is 60.2 Å². The first-order valence-electron chi connectivity index (χ1n) is 7.50. The van der Waals surface area contributed by atoms with Gasteiger partial charge in [0.15, 0.2) is 6.61 Å². The van der Waals surface area contributed by atoms with Crippen LogP contribution in [0, 0.1) is 20.8 Å². The Kier molecular flexibility index (Phi) is 4.26. The van der Waals surface area contributed by atoms with Crippen LogP contribution in [0.15, 0.2) is 18.2 Å². The van der Waals surface area contributed by atoms with Crippen LogP contribution in [0.1, 0.15) is 23.3 Å². The van der Waals surface area contributed by atoms with Crippen LogP contribution in [0.2, 0.25) is 5.02 Å². The number of benzene rings is 1. The minimum atomic E-state index is -0.0231. The molecule has 122 valence electrons. The van der Waals surface area contributed by atoms with E-state index in [2.05, 4.69) is 10.1 Å². The van der Waals surface area contributed by atoms with Crippen LogP contribution in [0.3, 0.4) is 0 Å². The lowest BCUT2D eigenvalue weighted by atomic mass is 10.1. The molecule has 0 atom stereocenters. The molecule has 1 saturated heterocycles. The van der Waals surface area contributed by atoms with Gasteiger partial charge >= 0.3 is 0 Å². The molecule has 0 radical (unpaired) electrons. The lowest BCUT2D eigenvalue weighted by molar-refractivity contribution is -0.139. The summed E-state index contributed by atoms with van der Waals surface area (Å²) in [6.07, 6.45) is 0. The fourth-order valence-corrected chi connectivity index (χ4v) is 2.93. The molecule has 7 heteroatoms. The van der Waals surface area contributed by atoms with Gasteiger partial charge in [-0.05, 0) is 44.5 Å². The van der Waals surface area contributed by atoms with E-state index in [0.717, 1.165) is 17.2 Å². The molecule has 1 aromatic carbocycles. The summed E-state index contributed by atoms with van der Waals surface area (Å²) in [7, 11) is 0. The van der Waals surface area contributed by atoms with Crippen molar-refractivity contribution in [2.24, 2.45) is 0 Å². The summed E-state index contributed by atoms with van der Waals surface area (Å²) in [5.41, 5.74) is 0.917.